The highest BCUT2D eigenvalue weighted by Crippen LogP contribution is 2.27. The van der Waals surface area contributed by atoms with Crippen molar-refractivity contribution in [3.05, 3.63) is 92.0 Å². The fourth-order valence-electron chi connectivity index (χ4n) is 2.26. The van der Waals surface area contributed by atoms with Gasteiger partial charge < -0.3 is 0 Å². The highest BCUT2D eigenvalue weighted by atomic mass is 16.6. The Morgan fingerprint density at radius 2 is 1.00 bits per heavy atom. The van der Waals surface area contributed by atoms with E-state index in [1.807, 2.05) is 0 Å². The van der Waals surface area contributed by atoms with Gasteiger partial charge >= 0.3 is 0 Å². The quantitative estimate of drug-likeness (QED) is 0.465. The van der Waals surface area contributed by atoms with Gasteiger partial charge in [-0.3, -0.25) is 20.2 Å². The van der Waals surface area contributed by atoms with Crippen molar-refractivity contribution >= 4 is 11.1 Å². The van der Waals surface area contributed by atoms with Gasteiger partial charge in [0.2, 0.25) is 13.1 Å². The molecule has 0 radical (unpaired) electrons. The fourth-order valence-corrected chi connectivity index (χ4v) is 2.26. The van der Waals surface area contributed by atoms with E-state index in [0.29, 0.717) is 22.3 Å². The van der Waals surface area contributed by atoms with E-state index in [0.717, 1.165) is 0 Å². The predicted molar refractivity (Wildman–Crippen MR) is 83.4 cm³/mol. The highest BCUT2D eigenvalue weighted by Gasteiger charge is 2.20. The van der Waals surface area contributed by atoms with Crippen LogP contribution in [0.25, 0.3) is 11.1 Å². The summed E-state index contributed by atoms with van der Waals surface area (Å²) in [6, 6.07) is 17.5. The van der Waals surface area contributed by atoms with Gasteiger partial charge in [-0.15, -0.1) is 0 Å². The highest BCUT2D eigenvalue weighted by molar-refractivity contribution is 5.91. The van der Waals surface area contributed by atoms with Gasteiger partial charge in [-0.1, -0.05) is 60.7 Å². The molecule has 0 fully saturated rings. The van der Waals surface area contributed by atoms with Crippen molar-refractivity contribution in [1.82, 2.24) is 0 Å². The number of benzene rings is 2. The average Bonchev–Trinajstić information content (AvgIpc) is 2.52. The molecule has 0 aromatic heterocycles. The summed E-state index contributed by atoms with van der Waals surface area (Å²) in [5.41, 5.74) is 1.99. The van der Waals surface area contributed by atoms with E-state index in [4.69, 9.17) is 0 Å². The molecule has 0 heterocycles. The lowest BCUT2D eigenvalue weighted by atomic mass is 9.94. The second kappa shape index (κ2) is 7.12. The normalized spacial score (nSPS) is 11.6. The summed E-state index contributed by atoms with van der Waals surface area (Å²) in [7, 11) is 0. The van der Waals surface area contributed by atoms with Crippen LogP contribution in [0.5, 0.6) is 0 Å². The molecule has 0 aliphatic heterocycles. The Labute approximate surface area is 127 Å². The Morgan fingerprint density at radius 3 is 1.27 bits per heavy atom. The van der Waals surface area contributed by atoms with Crippen molar-refractivity contribution in [3.8, 4) is 0 Å². The summed E-state index contributed by atoms with van der Waals surface area (Å²) in [4.78, 5) is 21.1. The zero-order chi connectivity index (χ0) is 15.9. The largest absolute Gasteiger partial charge is 0.264 e. The Morgan fingerprint density at radius 1 is 0.682 bits per heavy atom. The maximum atomic E-state index is 11.0. The third-order valence-corrected chi connectivity index (χ3v) is 3.18. The van der Waals surface area contributed by atoms with E-state index in [1.165, 1.54) is 0 Å². The Bertz CT molecular complexity index is 635. The minimum Gasteiger partial charge on any atom is -0.264 e. The summed E-state index contributed by atoms with van der Waals surface area (Å²) >= 11 is 0. The third kappa shape index (κ3) is 3.99. The van der Waals surface area contributed by atoms with Crippen LogP contribution in [-0.4, -0.2) is 22.9 Å². The maximum Gasteiger partial charge on any atom is 0.230 e. The van der Waals surface area contributed by atoms with Gasteiger partial charge in [-0.2, -0.15) is 0 Å². The smallest absolute Gasteiger partial charge is 0.230 e. The van der Waals surface area contributed by atoms with Crippen LogP contribution in [0.1, 0.15) is 11.1 Å². The zero-order valence-corrected chi connectivity index (χ0v) is 11.7. The van der Waals surface area contributed by atoms with Gasteiger partial charge in [0.05, 0.1) is 0 Å². The molecule has 112 valence electrons. The van der Waals surface area contributed by atoms with Gasteiger partial charge in [0, 0.05) is 21.0 Å². The van der Waals surface area contributed by atoms with Crippen molar-refractivity contribution in [2.24, 2.45) is 0 Å². The molecule has 0 aliphatic carbocycles. The molecule has 2 rings (SSSR count). The first-order valence-electron chi connectivity index (χ1n) is 6.64. The van der Waals surface area contributed by atoms with Gasteiger partial charge in [0.1, 0.15) is 0 Å². The first kappa shape index (κ1) is 15.4. The van der Waals surface area contributed by atoms with Gasteiger partial charge in [0.15, 0.2) is 0 Å². The maximum absolute atomic E-state index is 11.0. The van der Waals surface area contributed by atoms with Crippen LogP contribution in [0.2, 0.25) is 0 Å². The van der Waals surface area contributed by atoms with E-state index in [-0.39, 0.29) is 0 Å². The van der Waals surface area contributed by atoms with Crippen molar-refractivity contribution in [2.45, 2.75) is 0 Å². The summed E-state index contributed by atoms with van der Waals surface area (Å²) in [5, 5.41) is 22.0. The van der Waals surface area contributed by atoms with Crippen LogP contribution in [0, 0.1) is 20.2 Å². The molecule has 0 aliphatic rings. The first-order valence-corrected chi connectivity index (χ1v) is 6.64. The molecule has 0 atom stereocenters. The minimum atomic E-state index is -0.467. The number of rotatable bonds is 6. The average molecular weight is 298 g/mol. The summed E-state index contributed by atoms with van der Waals surface area (Å²) in [6.07, 6.45) is 0. The SMILES string of the molecule is O=[N+]([O-])C/C(=C(/C[N+](=O)[O-])c1ccccc1)c1ccccc1. The standard InChI is InChI=1S/C16H14N2O4/c19-17(20)11-15(13-7-3-1-4-8-13)16(12-18(21)22)14-9-5-2-6-10-14/h1-10H,11-12H2/b16-15+. The molecule has 0 unspecified atom stereocenters. The molecule has 0 amide bonds. The molecule has 22 heavy (non-hydrogen) atoms. The number of nitro groups is 2. The minimum absolute atomic E-state index is 0.369. The Balaban J connectivity index is 2.64. The van der Waals surface area contributed by atoms with Crippen LogP contribution in [-0.2, 0) is 0 Å². The summed E-state index contributed by atoms with van der Waals surface area (Å²) < 4.78 is 0. The third-order valence-electron chi connectivity index (χ3n) is 3.18. The molecule has 0 N–H and O–H groups in total. The van der Waals surface area contributed by atoms with E-state index in [2.05, 4.69) is 0 Å². The topological polar surface area (TPSA) is 86.3 Å². The van der Waals surface area contributed by atoms with Gasteiger partial charge in [-0.05, 0) is 11.1 Å². The second-order valence-electron chi connectivity index (χ2n) is 4.67. The van der Waals surface area contributed by atoms with E-state index in [9.17, 15) is 20.2 Å². The van der Waals surface area contributed by atoms with E-state index >= 15 is 0 Å². The van der Waals surface area contributed by atoms with Crippen LogP contribution in [0.4, 0.5) is 0 Å². The summed E-state index contributed by atoms with van der Waals surface area (Å²) in [5.74, 6) is 0. The molecule has 6 nitrogen and oxygen atoms in total. The number of hydrogen-bond donors (Lipinski definition) is 0. The second-order valence-corrected chi connectivity index (χ2v) is 4.67. The monoisotopic (exact) mass is 298 g/mol. The van der Waals surface area contributed by atoms with Gasteiger partial charge in [-0.25, -0.2) is 0 Å². The van der Waals surface area contributed by atoms with Crippen molar-refractivity contribution < 1.29 is 9.85 Å². The molecule has 0 bridgehead atoms. The first-order chi connectivity index (χ1) is 10.6. The predicted octanol–water partition coefficient (Wildman–Crippen LogP) is 3.15. The lowest BCUT2D eigenvalue weighted by Gasteiger charge is -2.10. The van der Waals surface area contributed by atoms with E-state index < -0.39 is 22.9 Å². The molecular weight excluding hydrogens is 284 g/mol. The molecule has 0 saturated carbocycles. The van der Waals surface area contributed by atoms with Crippen LogP contribution in [0.15, 0.2) is 60.7 Å². The molecule has 0 spiro atoms. The Kier molecular flexibility index (Phi) is 4.98. The van der Waals surface area contributed by atoms with Gasteiger partial charge in [0.25, 0.3) is 0 Å². The molecule has 2 aromatic carbocycles. The van der Waals surface area contributed by atoms with E-state index in [1.54, 1.807) is 60.7 Å². The van der Waals surface area contributed by atoms with Crippen molar-refractivity contribution in [3.63, 3.8) is 0 Å². The lowest BCUT2D eigenvalue weighted by Crippen LogP contribution is -2.11. The van der Waals surface area contributed by atoms with Crippen molar-refractivity contribution in [1.29, 1.82) is 0 Å². The number of hydrogen-bond acceptors (Lipinski definition) is 4. The van der Waals surface area contributed by atoms with Crippen molar-refractivity contribution in [2.75, 3.05) is 13.1 Å². The lowest BCUT2D eigenvalue weighted by molar-refractivity contribution is -0.468. The fraction of sp³-hybridized carbons (Fsp3) is 0.125. The van der Waals surface area contributed by atoms with Crippen LogP contribution < -0.4 is 0 Å². The zero-order valence-electron chi connectivity index (χ0n) is 11.7. The Hall–Kier alpha value is -3.02. The number of nitrogens with zero attached hydrogens (tertiary/aromatic N) is 2. The molecule has 0 saturated heterocycles. The summed E-state index contributed by atoms with van der Waals surface area (Å²) in [6.45, 7) is -0.913. The van der Waals surface area contributed by atoms with Crippen LogP contribution in [0.3, 0.4) is 0 Å². The van der Waals surface area contributed by atoms with Crippen LogP contribution >= 0.6 is 0 Å². The molecular formula is C16H14N2O4. The molecule has 2 aromatic rings. The molecule has 6 heteroatoms.